The number of rotatable bonds is 3. The van der Waals surface area contributed by atoms with Gasteiger partial charge in [0.1, 0.15) is 17.5 Å². The lowest BCUT2D eigenvalue weighted by Gasteiger charge is -2.07. The Bertz CT molecular complexity index is 483. The Hall–Kier alpha value is -2.10. The first-order valence-electron chi connectivity index (χ1n) is 4.44. The number of hydrogen-bond acceptors (Lipinski definition) is 4. The van der Waals surface area contributed by atoms with E-state index in [0.717, 1.165) is 13.2 Å². The summed E-state index contributed by atoms with van der Waals surface area (Å²) in [5.74, 6) is -2.08. The lowest BCUT2D eigenvalue weighted by atomic mass is 10.1. The molecule has 90 valence electrons. The standard InChI is InChI=1S/C10H7F3N2O2/c1-17-7(16)3-5-2-6(4-14)15-9(8(5)11)10(12)13/h2,10H,3H2,1H3. The molecule has 0 fully saturated rings. The van der Waals surface area contributed by atoms with E-state index in [-0.39, 0.29) is 11.3 Å². The first-order chi connectivity index (χ1) is 7.99. The lowest BCUT2D eigenvalue weighted by molar-refractivity contribution is -0.139. The molecule has 0 aliphatic heterocycles. The van der Waals surface area contributed by atoms with Gasteiger partial charge in [-0.3, -0.25) is 4.79 Å². The number of hydrogen-bond donors (Lipinski definition) is 0. The summed E-state index contributed by atoms with van der Waals surface area (Å²) >= 11 is 0. The van der Waals surface area contributed by atoms with E-state index in [1.807, 2.05) is 0 Å². The number of carbonyl (C=O) groups excluding carboxylic acids is 1. The van der Waals surface area contributed by atoms with E-state index in [1.54, 1.807) is 0 Å². The van der Waals surface area contributed by atoms with Crippen molar-refractivity contribution < 1.29 is 22.7 Å². The van der Waals surface area contributed by atoms with Gasteiger partial charge in [-0.2, -0.15) is 5.26 Å². The number of halogens is 3. The van der Waals surface area contributed by atoms with Crippen LogP contribution in [-0.4, -0.2) is 18.1 Å². The van der Waals surface area contributed by atoms with Crippen molar-refractivity contribution in [3.05, 3.63) is 28.8 Å². The van der Waals surface area contributed by atoms with Crippen molar-refractivity contribution in [3.63, 3.8) is 0 Å². The van der Waals surface area contributed by atoms with Crippen LogP contribution in [0.3, 0.4) is 0 Å². The molecule has 7 heteroatoms. The average molecular weight is 244 g/mol. The summed E-state index contributed by atoms with van der Waals surface area (Å²) in [7, 11) is 1.08. The fourth-order valence-electron chi connectivity index (χ4n) is 1.16. The third-order valence-corrected chi connectivity index (χ3v) is 1.94. The van der Waals surface area contributed by atoms with Crippen molar-refractivity contribution in [3.8, 4) is 6.07 Å². The van der Waals surface area contributed by atoms with Crippen molar-refractivity contribution in [2.24, 2.45) is 0 Å². The zero-order valence-corrected chi connectivity index (χ0v) is 8.71. The number of aromatic nitrogens is 1. The molecule has 0 amide bonds. The third-order valence-electron chi connectivity index (χ3n) is 1.94. The van der Waals surface area contributed by atoms with Gasteiger partial charge in [0.25, 0.3) is 6.43 Å². The number of nitriles is 1. The van der Waals surface area contributed by atoms with E-state index in [0.29, 0.717) is 0 Å². The molecular formula is C10H7F3N2O2. The van der Waals surface area contributed by atoms with Crippen LogP contribution < -0.4 is 0 Å². The van der Waals surface area contributed by atoms with Crippen LogP contribution in [0.5, 0.6) is 0 Å². The molecule has 0 N–H and O–H groups in total. The molecule has 1 aromatic rings. The topological polar surface area (TPSA) is 63.0 Å². The van der Waals surface area contributed by atoms with E-state index in [2.05, 4.69) is 9.72 Å². The SMILES string of the molecule is COC(=O)Cc1cc(C#N)nc(C(F)F)c1F. The smallest absolute Gasteiger partial charge is 0.310 e. The van der Waals surface area contributed by atoms with Gasteiger partial charge in [0.15, 0.2) is 5.82 Å². The molecule has 0 aromatic carbocycles. The van der Waals surface area contributed by atoms with Crippen molar-refractivity contribution in [1.82, 2.24) is 4.98 Å². The second kappa shape index (κ2) is 5.30. The summed E-state index contributed by atoms with van der Waals surface area (Å²) in [6, 6.07) is 2.46. The molecule has 4 nitrogen and oxygen atoms in total. The highest BCUT2D eigenvalue weighted by Crippen LogP contribution is 2.23. The van der Waals surface area contributed by atoms with Gasteiger partial charge in [0, 0.05) is 5.56 Å². The molecule has 0 atom stereocenters. The summed E-state index contributed by atoms with van der Waals surface area (Å²) in [4.78, 5) is 14.1. The van der Waals surface area contributed by atoms with Crippen LogP contribution in [0.1, 0.15) is 23.4 Å². The number of methoxy groups -OCH3 is 1. The highest BCUT2D eigenvalue weighted by atomic mass is 19.3. The third kappa shape index (κ3) is 2.93. The van der Waals surface area contributed by atoms with Gasteiger partial charge in [-0.05, 0) is 6.07 Å². The quantitative estimate of drug-likeness (QED) is 0.760. The van der Waals surface area contributed by atoms with E-state index in [4.69, 9.17) is 5.26 Å². The van der Waals surface area contributed by atoms with Gasteiger partial charge in [-0.25, -0.2) is 18.2 Å². The Morgan fingerprint density at radius 3 is 2.76 bits per heavy atom. The minimum absolute atomic E-state index is 0.335. The first kappa shape index (κ1) is 13.0. The highest BCUT2D eigenvalue weighted by molar-refractivity contribution is 5.72. The Morgan fingerprint density at radius 1 is 1.65 bits per heavy atom. The van der Waals surface area contributed by atoms with Gasteiger partial charge in [0.2, 0.25) is 0 Å². The maximum absolute atomic E-state index is 13.5. The van der Waals surface area contributed by atoms with E-state index in [1.165, 1.54) is 6.07 Å². The molecule has 0 unspecified atom stereocenters. The van der Waals surface area contributed by atoms with Crippen LogP contribution in [0.15, 0.2) is 6.07 Å². The molecule has 1 aromatic heterocycles. The number of nitrogens with zero attached hydrogens (tertiary/aromatic N) is 2. The largest absolute Gasteiger partial charge is 0.469 e. The molecule has 1 heterocycles. The second-order valence-corrected chi connectivity index (χ2v) is 3.03. The molecule has 0 radical (unpaired) electrons. The molecule has 0 aliphatic rings. The normalized spacial score (nSPS) is 10.1. The van der Waals surface area contributed by atoms with Gasteiger partial charge < -0.3 is 4.74 Å². The Kier molecular flexibility index (Phi) is 4.04. The Morgan fingerprint density at radius 2 is 2.29 bits per heavy atom. The molecule has 0 saturated carbocycles. The number of esters is 1. The van der Waals surface area contributed by atoms with Gasteiger partial charge in [-0.15, -0.1) is 0 Å². The fourth-order valence-corrected chi connectivity index (χ4v) is 1.16. The lowest BCUT2D eigenvalue weighted by Crippen LogP contribution is -2.10. The zero-order valence-electron chi connectivity index (χ0n) is 8.71. The van der Waals surface area contributed by atoms with Crippen molar-refractivity contribution >= 4 is 5.97 Å². The predicted molar refractivity (Wildman–Crippen MR) is 49.6 cm³/mol. The molecule has 0 saturated heterocycles. The average Bonchev–Trinajstić information content (AvgIpc) is 2.31. The highest BCUT2D eigenvalue weighted by Gasteiger charge is 2.21. The van der Waals surface area contributed by atoms with Gasteiger partial charge >= 0.3 is 5.97 Å². The number of pyridine rings is 1. The van der Waals surface area contributed by atoms with Crippen LogP contribution in [0.25, 0.3) is 0 Å². The molecule has 0 spiro atoms. The van der Waals surface area contributed by atoms with E-state index < -0.39 is 30.3 Å². The minimum Gasteiger partial charge on any atom is -0.469 e. The van der Waals surface area contributed by atoms with Crippen LogP contribution in [-0.2, 0) is 16.0 Å². The maximum Gasteiger partial charge on any atom is 0.310 e. The Balaban J connectivity index is 3.25. The van der Waals surface area contributed by atoms with Gasteiger partial charge in [-0.1, -0.05) is 0 Å². The second-order valence-electron chi connectivity index (χ2n) is 3.03. The summed E-state index contributed by atoms with van der Waals surface area (Å²) in [6.45, 7) is 0. The van der Waals surface area contributed by atoms with Crippen molar-refractivity contribution in [2.75, 3.05) is 7.11 Å². The number of alkyl halides is 2. The van der Waals surface area contributed by atoms with E-state index in [9.17, 15) is 18.0 Å². The number of carbonyl (C=O) groups is 1. The monoisotopic (exact) mass is 244 g/mol. The first-order valence-corrected chi connectivity index (χ1v) is 4.44. The molecular weight excluding hydrogens is 237 g/mol. The Labute approximate surface area is 94.6 Å². The molecule has 0 aliphatic carbocycles. The fraction of sp³-hybridized carbons (Fsp3) is 0.300. The van der Waals surface area contributed by atoms with E-state index >= 15 is 0 Å². The van der Waals surface area contributed by atoms with Crippen LogP contribution in [0.4, 0.5) is 13.2 Å². The minimum atomic E-state index is -3.15. The van der Waals surface area contributed by atoms with Crippen molar-refractivity contribution in [2.45, 2.75) is 12.8 Å². The molecule has 0 bridgehead atoms. The molecule has 17 heavy (non-hydrogen) atoms. The maximum atomic E-state index is 13.5. The summed E-state index contributed by atoms with van der Waals surface area (Å²) in [5.41, 5.74) is -1.85. The number of ether oxygens (including phenoxy) is 1. The van der Waals surface area contributed by atoms with Crippen molar-refractivity contribution in [1.29, 1.82) is 5.26 Å². The summed E-state index contributed by atoms with van der Waals surface area (Å²) in [6.07, 6.45) is -3.68. The van der Waals surface area contributed by atoms with Crippen LogP contribution >= 0.6 is 0 Å². The van der Waals surface area contributed by atoms with Crippen LogP contribution in [0.2, 0.25) is 0 Å². The van der Waals surface area contributed by atoms with Gasteiger partial charge in [0.05, 0.1) is 13.5 Å². The predicted octanol–water partition coefficient (Wildman–Crippen LogP) is 1.75. The zero-order chi connectivity index (χ0) is 13.0. The summed E-state index contributed by atoms with van der Waals surface area (Å²) in [5, 5.41) is 8.55. The molecule has 1 rings (SSSR count). The van der Waals surface area contributed by atoms with Crippen LogP contribution in [0, 0.1) is 17.1 Å². The summed E-state index contributed by atoms with van der Waals surface area (Å²) < 4.78 is 42.6.